The van der Waals surface area contributed by atoms with Crippen LogP contribution in [0.4, 0.5) is 0 Å². The molecule has 0 fully saturated rings. The average Bonchev–Trinajstić information content (AvgIpc) is 2.90. The molecule has 2 N–H and O–H groups in total. The second kappa shape index (κ2) is 6.97. The van der Waals surface area contributed by atoms with Gasteiger partial charge in [0.2, 0.25) is 15.4 Å². The summed E-state index contributed by atoms with van der Waals surface area (Å²) in [6, 6.07) is 9.49. The van der Waals surface area contributed by atoms with Gasteiger partial charge in [0.15, 0.2) is 0 Å². The predicted molar refractivity (Wildman–Crippen MR) is 75.5 cm³/mol. The molecule has 2 amide bonds. The Kier molecular flexibility index (Phi) is 5.03. The minimum absolute atomic E-state index is 0.122. The van der Waals surface area contributed by atoms with Gasteiger partial charge >= 0.3 is 0 Å². The summed E-state index contributed by atoms with van der Waals surface area (Å²) in [5.74, 6) is -0.748. The van der Waals surface area contributed by atoms with Crippen molar-refractivity contribution in [3.8, 4) is 0 Å². The molecule has 6 nitrogen and oxygen atoms in total. The molecule has 0 saturated carbocycles. The number of benzene rings is 1. The van der Waals surface area contributed by atoms with Crippen LogP contribution in [0.3, 0.4) is 0 Å². The lowest BCUT2D eigenvalue weighted by Crippen LogP contribution is -2.36. The zero-order valence-electron chi connectivity index (χ0n) is 10.3. The molecule has 104 valence electrons. The van der Waals surface area contributed by atoms with Crippen LogP contribution in [-0.2, 0) is 11.3 Å². The molecule has 2 aromatic rings. The lowest BCUT2D eigenvalue weighted by Gasteiger charge is -2.05. The molecule has 0 atom stereocenters. The van der Waals surface area contributed by atoms with Crippen molar-refractivity contribution < 1.29 is 9.59 Å². The Bertz CT molecular complexity index is 603. The molecule has 0 saturated heterocycles. The van der Waals surface area contributed by atoms with Crippen LogP contribution in [0, 0.1) is 0 Å². The van der Waals surface area contributed by atoms with Gasteiger partial charge in [-0.2, -0.15) is 0 Å². The fourth-order valence-electron chi connectivity index (χ4n) is 1.39. The van der Waals surface area contributed by atoms with Crippen molar-refractivity contribution in [1.29, 1.82) is 0 Å². The monoisotopic (exact) mass is 310 g/mol. The van der Waals surface area contributed by atoms with E-state index in [1.54, 1.807) is 0 Å². The Morgan fingerprint density at radius 2 is 1.90 bits per heavy atom. The molecular weight excluding hydrogens is 300 g/mol. The molecule has 2 rings (SSSR count). The first-order chi connectivity index (χ1) is 9.65. The van der Waals surface area contributed by atoms with E-state index in [1.165, 1.54) is 0 Å². The normalized spacial score (nSPS) is 10.1. The van der Waals surface area contributed by atoms with Crippen LogP contribution < -0.4 is 10.6 Å². The van der Waals surface area contributed by atoms with Crippen molar-refractivity contribution >= 4 is 34.8 Å². The highest BCUT2D eigenvalue weighted by atomic mass is 35.5. The summed E-state index contributed by atoms with van der Waals surface area (Å²) in [5, 5.41) is 12.4. The van der Waals surface area contributed by atoms with E-state index < -0.39 is 5.91 Å². The molecule has 0 spiro atoms. The molecule has 0 bridgehead atoms. The first-order valence-corrected chi connectivity index (χ1v) is 6.92. The van der Waals surface area contributed by atoms with Crippen LogP contribution in [-0.4, -0.2) is 28.6 Å². The molecule has 0 radical (unpaired) electrons. The molecule has 20 heavy (non-hydrogen) atoms. The van der Waals surface area contributed by atoms with Gasteiger partial charge in [-0.15, -0.1) is 10.2 Å². The Hall–Kier alpha value is -1.99. The summed E-state index contributed by atoms with van der Waals surface area (Å²) in [4.78, 5) is 23.2. The van der Waals surface area contributed by atoms with Gasteiger partial charge in [-0.25, -0.2) is 0 Å². The lowest BCUT2D eigenvalue weighted by molar-refractivity contribution is -0.120. The third-order valence-electron chi connectivity index (χ3n) is 2.34. The van der Waals surface area contributed by atoms with Crippen molar-refractivity contribution in [2.24, 2.45) is 0 Å². The second-order valence-electron chi connectivity index (χ2n) is 3.81. The highest BCUT2D eigenvalue weighted by Gasteiger charge is 2.12. The van der Waals surface area contributed by atoms with Gasteiger partial charge in [-0.3, -0.25) is 9.59 Å². The number of hydrogen-bond acceptors (Lipinski definition) is 5. The van der Waals surface area contributed by atoms with Gasteiger partial charge in [-0.1, -0.05) is 41.7 Å². The van der Waals surface area contributed by atoms with E-state index in [2.05, 4.69) is 20.8 Å². The summed E-state index contributed by atoms with van der Waals surface area (Å²) in [7, 11) is 0. The quantitative estimate of drug-likeness (QED) is 0.870. The maximum Gasteiger partial charge on any atom is 0.282 e. The Labute approximate surface area is 124 Å². The molecule has 0 unspecified atom stereocenters. The highest BCUT2D eigenvalue weighted by Crippen LogP contribution is 2.14. The van der Waals surface area contributed by atoms with E-state index >= 15 is 0 Å². The fraction of sp³-hybridized carbons (Fsp3) is 0.167. The Balaban J connectivity index is 1.74. The fourth-order valence-corrected chi connectivity index (χ4v) is 2.14. The van der Waals surface area contributed by atoms with Gasteiger partial charge in [0.25, 0.3) is 5.91 Å². The Morgan fingerprint density at radius 3 is 2.55 bits per heavy atom. The van der Waals surface area contributed by atoms with E-state index in [4.69, 9.17) is 11.6 Å². The summed E-state index contributed by atoms with van der Waals surface area (Å²) in [6.07, 6.45) is 0. The van der Waals surface area contributed by atoms with Crippen LogP contribution in [0.5, 0.6) is 0 Å². The van der Waals surface area contributed by atoms with Crippen LogP contribution in [0.2, 0.25) is 4.47 Å². The molecule has 0 aliphatic carbocycles. The summed E-state index contributed by atoms with van der Waals surface area (Å²) in [5.41, 5.74) is 0.989. The number of halogens is 1. The third-order valence-corrected chi connectivity index (χ3v) is 3.35. The molecule has 0 aliphatic rings. The maximum atomic E-state index is 11.6. The van der Waals surface area contributed by atoms with E-state index in [0.717, 1.165) is 16.9 Å². The van der Waals surface area contributed by atoms with Crippen molar-refractivity contribution in [3.05, 3.63) is 45.4 Å². The molecule has 1 aromatic heterocycles. The molecule has 8 heteroatoms. The Morgan fingerprint density at radius 1 is 1.15 bits per heavy atom. The third kappa shape index (κ3) is 4.29. The number of rotatable bonds is 5. The van der Waals surface area contributed by atoms with E-state index in [0.29, 0.717) is 6.54 Å². The summed E-state index contributed by atoms with van der Waals surface area (Å²) >= 11 is 6.53. The SMILES string of the molecule is O=C(CNC(=O)c1nnc(Cl)s1)NCc1ccccc1. The maximum absolute atomic E-state index is 11.6. The number of amides is 2. The minimum Gasteiger partial charge on any atom is -0.350 e. The van der Waals surface area contributed by atoms with E-state index in [1.807, 2.05) is 30.3 Å². The minimum atomic E-state index is -0.468. The van der Waals surface area contributed by atoms with Crippen LogP contribution in [0.1, 0.15) is 15.4 Å². The van der Waals surface area contributed by atoms with Crippen molar-refractivity contribution in [3.63, 3.8) is 0 Å². The van der Waals surface area contributed by atoms with Gasteiger partial charge in [0.1, 0.15) is 0 Å². The highest BCUT2D eigenvalue weighted by molar-refractivity contribution is 7.17. The van der Waals surface area contributed by atoms with Gasteiger partial charge < -0.3 is 10.6 Å². The smallest absolute Gasteiger partial charge is 0.282 e. The number of nitrogens with one attached hydrogen (secondary N) is 2. The number of aromatic nitrogens is 2. The number of carbonyl (C=O) groups is 2. The van der Waals surface area contributed by atoms with Crippen molar-refractivity contribution in [2.45, 2.75) is 6.54 Å². The molecule has 0 aliphatic heterocycles. The zero-order valence-corrected chi connectivity index (χ0v) is 11.9. The number of carbonyl (C=O) groups excluding carboxylic acids is 2. The average molecular weight is 311 g/mol. The molecule has 1 heterocycles. The first-order valence-electron chi connectivity index (χ1n) is 5.73. The zero-order chi connectivity index (χ0) is 14.4. The lowest BCUT2D eigenvalue weighted by atomic mass is 10.2. The topological polar surface area (TPSA) is 84.0 Å². The van der Waals surface area contributed by atoms with Crippen LogP contribution >= 0.6 is 22.9 Å². The number of nitrogens with zero attached hydrogens (tertiary/aromatic N) is 2. The van der Waals surface area contributed by atoms with E-state index in [-0.39, 0.29) is 21.9 Å². The standard InChI is InChI=1S/C12H11ClN4O2S/c13-12-17-16-11(20-12)10(19)15-7-9(18)14-6-8-4-2-1-3-5-8/h1-5H,6-7H2,(H,14,18)(H,15,19). The van der Waals surface area contributed by atoms with Gasteiger partial charge in [0.05, 0.1) is 6.54 Å². The van der Waals surface area contributed by atoms with Crippen LogP contribution in [0.25, 0.3) is 0 Å². The van der Waals surface area contributed by atoms with Crippen LogP contribution in [0.15, 0.2) is 30.3 Å². The second-order valence-corrected chi connectivity index (χ2v) is 5.36. The first kappa shape index (κ1) is 14.4. The van der Waals surface area contributed by atoms with Gasteiger partial charge in [-0.05, 0) is 17.2 Å². The predicted octanol–water partition coefficient (Wildman–Crippen LogP) is 1.24. The van der Waals surface area contributed by atoms with Crippen molar-refractivity contribution in [1.82, 2.24) is 20.8 Å². The summed E-state index contributed by atoms with van der Waals surface area (Å²) < 4.78 is 0.184. The molecule has 1 aromatic carbocycles. The van der Waals surface area contributed by atoms with Crippen molar-refractivity contribution in [2.75, 3.05) is 6.54 Å². The summed E-state index contributed by atoms with van der Waals surface area (Å²) in [6.45, 7) is 0.295. The largest absolute Gasteiger partial charge is 0.350 e. The molecular formula is C12H11ClN4O2S. The van der Waals surface area contributed by atoms with E-state index in [9.17, 15) is 9.59 Å². The number of hydrogen-bond donors (Lipinski definition) is 2. The van der Waals surface area contributed by atoms with Gasteiger partial charge in [0, 0.05) is 6.54 Å².